The number of fused-ring (bicyclic) bond motifs is 1. The van der Waals surface area contributed by atoms with Crippen LogP contribution in [0.15, 0.2) is 58.5 Å². The molecule has 1 aliphatic heterocycles. The summed E-state index contributed by atoms with van der Waals surface area (Å²) in [5.74, 6) is 0.246. The Morgan fingerprint density at radius 2 is 1.97 bits per heavy atom. The average molecular weight is 460 g/mol. The highest BCUT2D eigenvalue weighted by Gasteiger charge is 2.29. The largest absolute Gasteiger partial charge is 0.495 e. The fourth-order valence-corrected chi connectivity index (χ4v) is 6.03. The minimum Gasteiger partial charge on any atom is -0.495 e. The Morgan fingerprint density at radius 1 is 1.23 bits per heavy atom. The van der Waals surface area contributed by atoms with Crippen LogP contribution in [0.25, 0.3) is 16.6 Å². The monoisotopic (exact) mass is 459 g/mol. The van der Waals surface area contributed by atoms with Gasteiger partial charge in [-0.05, 0) is 30.7 Å². The molecule has 1 atom stereocenters. The first-order chi connectivity index (χ1) is 14.9. The summed E-state index contributed by atoms with van der Waals surface area (Å²) in [5.41, 5.74) is 0.793. The molecule has 2 heterocycles. The van der Waals surface area contributed by atoms with Gasteiger partial charge in [0.15, 0.2) is 15.0 Å². The van der Waals surface area contributed by atoms with Crippen molar-refractivity contribution in [3.63, 3.8) is 0 Å². The minimum atomic E-state index is -3.08. The van der Waals surface area contributed by atoms with Gasteiger partial charge in [-0.1, -0.05) is 36.0 Å². The number of nitrogens with one attached hydrogen (secondary N) is 1. The third-order valence-electron chi connectivity index (χ3n) is 5.00. The fourth-order valence-electron chi connectivity index (χ4n) is 3.54. The summed E-state index contributed by atoms with van der Waals surface area (Å²) < 4.78 is 30.1. The van der Waals surface area contributed by atoms with Crippen LogP contribution in [0, 0.1) is 0 Å². The predicted octanol–water partition coefficient (Wildman–Crippen LogP) is 1.79. The maximum atomic E-state index is 13.3. The number of ether oxygens (including phenoxy) is 1. The molecule has 0 aliphatic carbocycles. The van der Waals surface area contributed by atoms with Gasteiger partial charge in [0.2, 0.25) is 5.91 Å². The Morgan fingerprint density at radius 3 is 2.71 bits per heavy atom. The molecule has 1 aliphatic rings. The smallest absolute Gasteiger partial charge is 0.266 e. The van der Waals surface area contributed by atoms with E-state index in [1.165, 1.54) is 11.7 Å². The topological polar surface area (TPSA) is 107 Å². The highest BCUT2D eigenvalue weighted by Crippen LogP contribution is 2.27. The zero-order valence-electron chi connectivity index (χ0n) is 16.8. The molecule has 162 valence electrons. The zero-order chi connectivity index (χ0) is 22.0. The van der Waals surface area contributed by atoms with E-state index in [4.69, 9.17) is 4.74 Å². The first kappa shape index (κ1) is 21.4. The lowest BCUT2D eigenvalue weighted by atomic mass is 10.2. The number of benzene rings is 2. The van der Waals surface area contributed by atoms with E-state index in [2.05, 4.69) is 10.3 Å². The Balaban J connectivity index is 1.66. The van der Waals surface area contributed by atoms with Gasteiger partial charge in [0.1, 0.15) is 5.75 Å². The number of thioether (sulfide) groups is 1. The first-order valence-electron chi connectivity index (χ1n) is 9.66. The number of para-hydroxylation sites is 3. The molecule has 1 N–H and O–H groups in total. The second-order valence-electron chi connectivity index (χ2n) is 7.18. The van der Waals surface area contributed by atoms with Crippen LogP contribution >= 0.6 is 11.8 Å². The number of carbonyl (C=O) groups excluding carboxylic acids is 1. The van der Waals surface area contributed by atoms with Gasteiger partial charge >= 0.3 is 0 Å². The molecular formula is C21H21N3O5S2. The second-order valence-corrected chi connectivity index (χ2v) is 10.4. The lowest BCUT2D eigenvalue weighted by Crippen LogP contribution is -2.36. The molecule has 0 saturated carbocycles. The van der Waals surface area contributed by atoms with Crippen LogP contribution in [0.2, 0.25) is 0 Å². The molecule has 0 bridgehead atoms. The number of rotatable bonds is 6. The fraction of sp³-hybridized carbons (Fsp3) is 0.286. The summed E-state index contributed by atoms with van der Waals surface area (Å²) in [6, 6.07) is 13.7. The number of nitrogens with zero attached hydrogens (tertiary/aromatic N) is 2. The first-order valence-corrected chi connectivity index (χ1v) is 12.5. The third kappa shape index (κ3) is 4.59. The SMILES string of the molecule is COc1ccccc1-n1c(SCC(=O)N[C@@H]2CCS(=O)(=O)C2)nc2ccccc2c1=O. The number of sulfone groups is 1. The van der Waals surface area contributed by atoms with Crippen molar-refractivity contribution in [1.29, 1.82) is 0 Å². The summed E-state index contributed by atoms with van der Waals surface area (Å²) in [7, 11) is -1.56. The predicted molar refractivity (Wildman–Crippen MR) is 120 cm³/mol. The van der Waals surface area contributed by atoms with Crippen LogP contribution in [0.3, 0.4) is 0 Å². The second kappa shape index (κ2) is 8.72. The van der Waals surface area contributed by atoms with Crippen molar-refractivity contribution in [3.05, 3.63) is 58.9 Å². The van der Waals surface area contributed by atoms with E-state index in [1.54, 1.807) is 48.5 Å². The summed E-state index contributed by atoms with van der Waals surface area (Å²) in [4.78, 5) is 30.3. The molecule has 8 nitrogen and oxygen atoms in total. The van der Waals surface area contributed by atoms with Crippen LogP contribution in [-0.2, 0) is 14.6 Å². The van der Waals surface area contributed by atoms with Crippen molar-refractivity contribution in [1.82, 2.24) is 14.9 Å². The number of methoxy groups -OCH3 is 1. The van der Waals surface area contributed by atoms with E-state index in [0.717, 1.165) is 11.8 Å². The van der Waals surface area contributed by atoms with Crippen molar-refractivity contribution in [2.24, 2.45) is 0 Å². The molecular weight excluding hydrogens is 438 g/mol. The minimum absolute atomic E-state index is 0.00350. The van der Waals surface area contributed by atoms with Gasteiger partial charge in [-0.3, -0.25) is 14.2 Å². The Kier molecular flexibility index (Phi) is 6.01. The quantitative estimate of drug-likeness (QED) is 0.442. The zero-order valence-corrected chi connectivity index (χ0v) is 18.4. The van der Waals surface area contributed by atoms with Gasteiger partial charge in [-0.15, -0.1) is 0 Å². The van der Waals surface area contributed by atoms with Crippen LogP contribution < -0.4 is 15.6 Å². The Labute approximate surface area is 183 Å². The molecule has 1 amide bonds. The van der Waals surface area contributed by atoms with Gasteiger partial charge in [-0.2, -0.15) is 0 Å². The molecule has 4 rings (SSSR count). The van der Waals surface area contributed by atoms with Crippen molar-refractivity contribution < 1.29 is 17.9 Å². The van der Waals surface area contributed by atoms with E-state index < -0.39 is 9.84 Å². The van der Waals surface area contributed by atoms with Crippen molar-refractivity contribution in [2.45, 2.75) is 17.6 Å². The van der Waals surface area contributed by atoms with Crippen LogP contribution in [0.5, 0.6) is 5.75 Å². The standard InChI is InChI=1S/C21H21N3O5S2/c1-29-18-9-5-4-8-17(18)24-20(26)15-6-2-3-7-16(15)23-21(24)30-12-19(25)22-14-10-11-31(27,28)13-14/h2-9,14H,10-13H2,1H3,(H,22,25)/t14-/m1/s1. The van der Waals surface area contributed by atoms with E-state index in [1.807, 2.05) is 0 Å². The normalized spacial score (nSPS) is 17.5. The molecule has 2 aromatic carbocycles. The summed E-state index contributed by atoms with van der Waals surface area (Å²) in [6.45, 7) is 0. The summed E-state index contributed by atoms with van der Waals surface area (Å²) >= 11 is 1.12. The number of amides is 1. The lowest BCUT2D eigenvalue weighted by Gasteiger charge is -2.16. The van der Waals surface area contributed by atoms with E-state index in [0.29, 0.717) is 33.9 Å². The molecule has 0 unspecified atom stereocenters. The molecule has 0 spiro atoms. The highest BCUT2D eigenvalue weighted by atomic mass is 32.2. The van der Waals surface area contributed by atoms with Crippen LogP contribution in [0.1, 0.15) is 6.42 Å². The molecule has 31 heavy (non-hydrogen) atoms. The molecule has 0 radical (unpaired) electrons. The Bertz CT molecular complexity index is 1300. The van der Waals surface area contributed by atoms with E-state index in [-0.39, 0.29) is 34.8 Å². The molecule has 10 heteroatoms. The van der Waals surface area contributed by atoms with E-state index >= 15 is 0 Å². The maximum absolute atomic E-state index is 13.3. The molecule has 3 aromatic rings. The average Bonchev–Trinajstić information content (AvgIpc) is 3.10. The van der Waals surface area contributed by atoms with Crippen molar-refractivity contribution in [3.8, 4) is 11.4 Å². The molecule has 1 saturated heterocycles. The van der Waals surface area contributed by atoms with Crippen molar-refractivity contribution in [2.75, 3.05) is 24.4 Å². The summed E-state index contributed by atoms with van der Waals surface area (Å²) in [5, 5.41) is 3.57. The van der Waals surface area contributed by atoms with Gasteiger partial charge in [0, 0.05) is 6.04 Å². The lowest BCUT2D eigenvalue weighted by molar-refractivity contribution is -0.119. The highest BCUT2D eigenvalue weighted by molar-refractivity contribution is 7.99. The van der Waals surface area contributed by atoms with Gasteiger partial charge in [0.25, 0.3) is 5.56 Å². The molecule has 1 aromatic heterocycles. The number of hydrogen-bond donors (Lipinski definition) is 1. The van der Waals surface area contributed by atoms with Crippen LogP contribution in [-0.4, -0.2) is 54.3 Å². The maximum Gasteiger partial charge on any atom is 0.266 e. The molecule has 1 fully saturated rings. The third-order valence-corrected chi connectivity index (χ3v) is 7.71. The van der Waals surface area contributed by atoms with Gasteiger partial charge in [0.05, 0.1) is 41.0 Å². The van der Waals surface area contributed by atoms with Gasteiger partial charge in [-0.25, -0.2) is 13.4 Å². The van der Waals surface area contributed by atoms with Gasteiger partial charge < -0.3 is 10.1 Å². The van der Waals surface area contributed by atoms with Crippen LogP contribution in [0.4, 0.5) is 0 Å². The number of hydrogen-bond acceptors (Lipinski definition) is 7. The summed E-state index contributed by atoms with van der Waals surface area (Å²) in [6.07, 6.45) is 0.416. The number of aromatic nitrogens is 2. The Hall–Kier alpha value is -2.85. The van der Waals surface area contributed by atoms with E-state index in [9.17, 15) is 18.0 Å². The number of carbonyl (C=O) groups is 1. The van der Waals surface area contributed by atoms with Crippen molar-refractivity contribution >= 4 is 38.4 Å².